The molecule has 0 bridgehead atoms. The summed E-state index contributed by atoms with van der Waals surface area (Å²) in [5.74, 6) is 0. The van der Waals surface area contributed by atoms with E-state index >= 15 is 0 Å². The molecule has 0 aromatic carbocycles. The maximum Gasteiger partial charge on any atom is -0.000473 e. The van der Waals surface area contributed by atoms with Crippen molar-refractivity contribution >= 4 is 22.6 Å². The summed E-state index contributed by atoms with van der Waals surface area (Å²) >= 11 is 2.47. The molecule has 1 aliphatic rings. The molecule has 0 aromatic rings. The summed E-state index contributed by atoms with van der Waals surface area (Å²) in [4.78, 5) is 0. The topological polar surface area (TPSA) is 0 Å². The number of rotatable bonds is 8. The van der Waals surface area contributed by atoms with Gasteiger partial charge in [0.05, 0.1) is 0 Å². The minimum absolute atomic E-state index is 1.22. The molecule has 0 fully saturated rings. The third kappa shape index (κ3) is 5.84. The molecule has 0 aromatic heterocycles. The van der Waals surface area contributed by atoms with Crippen LogP contribution in [0.25, 0.3) is 0 Å². The fourth-order valence-corrected chi connectivity index (χ4v) is 2.37. The molecule has 1 aliphatic carbocycles. The van der Waals surface area contributed by atoms with Crippen LogP contribution in [0.15, 0.2) is 23.8 Å². The first kappa shape index (κ1) is 12.3. The number of unbranched alkanes of at least 4 members (excludes halogenated alkanes) is 5. The standard InChI is InChI=1S/C13H21I/c14-12-8-4-2-1-3-5-9-13-10-6-7-11-13/h6-7,10H,1-5,8-9,11-12H2. The molecular weight excluding hydrogens is 283 g/mol. The van der Waals surface area contributed by atoms with Gasteiger partial charge in [0, 0.05) is 0 Å². The van der Waals surface area contributed by atoms with E-state index in [4.69, 9.17) is 0 Å². The van der Waals surface area contributed by atoms with Gasteiger partial charge in [0.2, 0.25) is 0 Å². The van der Waals surface area contributed by atoms with E-state index in [1.807, 2.05) is 0 Å². The zero-order valence-corrected chi connectivity index (χ0v) is 11.1. The summed E-state index contributed by atoms with van der Waals surface area (Å²) in [6.45, 7) is 0. The summed E-state index contributed by atoms with van der Waals surface area (Å²) in [6.07, 6.45) is 17.9. The Bertz CT molecular complexity index is 191. The average Bonchev–Trinajstić information content (AvgIpc) is 2.69. The molecule has 0 radical (unpaired) electrons. The van der Waals surface area contributed by atoms with E-state index in [1.165, 1.54) is 55.8 Å². The van der Waals surface area contributed by atoms with E-state index in [0.29, 0.717) is 0 Å². The lowest BCUT2D eigenvalue weighted by molar-refractivity contribution is 0.608. The van der Waals surface area contributed by atoms with Crippen LogP contribution in [0, 0.1) is 0 Å². The summed E-state index contributed by atoms with van der Waals surface area (Å²) in [7, 11) is 0. The minimum atomic E-state index is 1.22. The molecule has 80 valence electrons. The lowest BCUT2D eigenvalue weighted by Crippen LogP contribution is -1.83. The van der Waals surface area contributed by atoms with Crippen molar-refractivity contribution in [1.29, 1.82) is 0 Å². The second-order valence-electron chi connectivity index (χ2n) is 4.02. The molecular formula is C13H21I. The predicted molar refractivity (Wildman–Crippen MR) is 73.0 cm³/mol. The Kier molecular flexibility index (Phi) is 7.47. The summed E-state index contributed by atoms with van der Waals surface area (Å²) in [6, 6.07) is 0. The van der Waals surface area contributed by atoms with Gasteiger partial charge in [-0.15, -0.1) is 0 Å². The third-order valence-electron chi connectivity index (χ3n) is 2.73. The van der Waals surface area contributed by atoms with E-state index in [0.717, 1.165) is 0 Å². The first-order valence-corrected chi connectivity index (χ1v) is 7.36. The molecule has 0 saturated heterocycles. The first-order valence-electron chi connectivity index (χ1n) is 5.84. The number of allylic oxidation sites excluding steroid dienone is 4. The van der Waals surface area contributed by atoms with E-state index in [-0.39, 0.29) is 0 Å². The second kappa shape index (κ2) is 8.51. The molecule has 0 spiro atoms. The van der Waals surface area contributed by atoms with Crippen molar-refractivity contribution in [2.75, 3.05) is 4.43 Å². The van der Waals surface area contributed by atoms with Crippen molar-refractivity contribution in [3.8, 4) is 0 Å². The molecule has 0 aliphatic heterocycles. The van der Waals surface area contributed by atoms with Crippen LogP contribution in [0.5, 0.6) is 0 Å². The fraction of sp³-hybridized carbons (Fsp3) is 0.692. The van der Waals surface area contributed by atoms with Crippen LogP contribution < -0.4 is 0 Å². The SMILES string of the molecule is ICCCCCCCCC1=CC=CC1. The van der Waals surface area contributed by atoms with Crippen molar-refractivity contribution < 1.29 is 0 Å². The maximum atomic E-state index is 2.47. The number of hydrogen-bond donors (Lipinski definition) is 0. The highest BCUT2D eigenvalue weighted by atomic mass is 127. The molecule has 1 rings (SSSR count). The Hall–Kier alpha value is 0.210. The Balaban J connectivity index is 1.80. The van der Waals surface area contributed by atoms with Crippen LogP contribution in [-0.2, 0) is 0 Å². The zero-order valence-electron chi connectivity index (χ0n) is 8.97. The minimum Gasteiger partial charge on any atom is -0.0864 e. The normalized spacial score (nSPS) is 14.8. The van der Waals surface area contributed by atoms with Crippen molar-refractivity contribution in [1.82, 2.24) is 0 Å². The Labute approximate surface area is 102 Å². The molecule has 0 heterocycles. The fourth-order valence-electron chi connectivity index (χ4n) is 1.83. The summed E-state index contributed by atoms with van der Waals surface area (Å²) in [5.41, 5.74) is 1.64. The summed E-state index contributed by atoms with van der Waals surface area (Å²) < 4.78 is 1.33. The molecule has 1 heteroatoms. The Morgan fingerprint density at radius 3 is 2.36 bits per heavy atom. The van der Waals surface area contributed by atoms with Gasteiger partial charge in [-0.1, -0.05) is 72.1 Å². The van der Waals surface area contributed by atoms with Crippen molar-refractivity contribution in [2.24, 2.45) is 0 Å². The number of alkyl halides is 1. The smallest absolute Gasteiger partial charge is 0.000473 e. The molecule has 0 saturated carbocycles. The van der Waals surface area contributed by atoms with Crippen molar-refractivity contribution in [3.05, 3.63) is 23.8 Å². The monoisotopic (exact) mass is 304 g/mol. The Morgan fingerprint density at radius 1 is 1.00 bits per heavy atom. The molecule has 14 heavy (non-hydrogen) atoms. The van der Waals surface area contributed by atoms with Gasteiger partial charge in [-0.3, -0.25) is 0 Å². The Morgan fingerprint density at radius 2 is 1.71 bits per heavy atom. The van der Waals surface area contributed by atoms with Gasteiger partial charge in [0.15, 0.2) is 0 Å². The maximum absolute atomic E-state index is 2.47. The van der Waals surface area contributed by atoms with Crippen LogP contribution in [0.1, 0.15) is 51.4 Å². The van der Waals surface area contributed by atoms with Gasteiger partial charge in [-0.05, 0) is 30.1 Å². The van der Waals surface area contributed by atoms with E-state index in [9.17, 15) is 0 Å². The van der Waals surface area contributed by atoms with E-state index in [1.54, 1.807) is 5.57 Å². The van der Waals surface area contributed by atoms with Crippen LogP contribution >= 0.6 is 22.6 Å². The lowest BCUT2D eigenvalue weighted by atomic mass is 10.0. The third-order valence-corrected chi connectivity index (χ3v) is 3.49. The average molecular weight is 304 g/mol. The van der Waals surface area contributed by atoms with Crippen molar-refractivity contribution in [3.63, 3.8) is 0 Å². The summed E-state index contributed by atoms with van der Waals surface area (Å²) in [5, 5.41) is 0. The number of halogens is 1. The molecule has 0 amide bonds. The molecule has 0 nitrogen and oxygen atoms in total. The largest absolute Gasteiger partial charge is 0.0864 e. The highest BCUT2D eigenvalue weighted by Gasteiger charge is 1.98. The first-order chi connectivity index (χ1) is 6.93. The van der Waals surface area contributed by atoms with Gasteiger partial charge < -0.3 is 0 Å². The van der Waals surface area contributed by atoms with Crippen molar-refractivity contribution in [2.45, 2.75) is 51.4 Å². The quantitative estimate of drug-likeness (QED) is 0.335. The number of hydrogen-bond acceptors (Lipinski definition) is 0. The van der Waals surface area contributed by atoms with Gasteiger partial charge in [-0.2, -0.15) is 0 Å². The molecule has 0 atom stereocenters. The highest BCUT2D eigenvalue weighted by molar-refractivity contribution is 14.1. The van der Waals surface area contributed by atoms with E-state index in [2.05, 4.69) is 40.8 Å². The van der Waals surface area contributed by atoms with Crippen LogP contribution in [0.2, 0.25) is 0 Å². The van der Waals surface area contributed by atoms with Crippen LogP contribution in [0.4, 0.5) is 0 Å². The van der Waals surface area contributed by atoms with Gasteiger partial charge >= 0.3 is 0 Å². The van der Waals surface area contributed by atoms with Crippen LogP contribution in [0.3, 0.4) is 0 Å². The van der Waals surface area contributed by atoms with Gasteiger partial charge in [0.25, 0.3) is 0 Å². The zero-order chi connectivity index (χ0) is 10.1. The second-order valence-corrected chi connectivity index (χ2v) is 5.10. The van der Waals surface area contributed by atoms with Gasteiger partial charge in [0.1, 0.15) is 0 Å². The highest BCUT2D eigenvalue weighted by Crippen LogP contribution is 2.18. The predicted octanol–water partition coefficient (Wildman–Crippen LogP) is 5.04. The molecule has 0 N–H and O–H groups in total. The van der Waals surface area contributed by atoms with Gasteiger partial charge in [-0.25, -0.2) is 0 Å². The lowest BCUT2D eigenvalue weighted by Gasteiger charge is -2.02. The van der Waals surface area contributed by atoms with Crippen LogP contribution in [-0.4, -0.2) is 4.43 Å². The molecule has 0 unspecified atom stereocenters. The van der Waals surface area contributed by atoms with E-state index < -0.39 is 0 Å².